The van der Waals surface area contributed by atoms with Gasteiger partial charge in [-0.3, -0.25) is 10.1 Å². The molecular weight excluding hydrogens is 280 g/mol. The molecule has 0 aliphatic heterocycles. The first-order valence-electron chi connectivity index (χ1n) is 6.46. The zero-order valence-corrected chi connectivity index (χ0v) is 12.5. The van der Waals surface area contributed by atoms with Crippen molar-refractivity contribution in [3.05, 3.63) is 10.6 Å². The average Bonchev–Trinajstić information content (AvgIpc) is 2.66. The van der Waals surface area contributed by atoms with Gasteiger partial charge < -0.3 is 9.84 Å². The molecule has 6 nitrogen and oxygen atoms in total. The van der Waals surface area contributed by atoms with E-state index in [0.717, 1.165) is 10.6 Å². The maximum atomic E-state index is 11.7. The molecule has 0 aromatic carbocycles. The van der Waals surface area contributed by atoms with Crippen LogP contribution in [0.5, 0.6) is 0 Å². The summed E-state index contributed by atoms with van der Waals surface area (Å²) in [4.78, 5) is 27.9. The van der Waals surface area contributed by atoms with E-state index in [1.54, 1.807) is 20.8 Å². The topological polar surface area (TPSA) is 88.5 Å². The summed E-state index contributed by atoms with van der Waals surface area (Å²) in [5, 5.41) is 12.1. The summed E-state index contributed by atoms with van der Waals surface area (Å²) >= 11 is 1.32. The first-order chi connectivity index (χ1) is 9.24. The molecule has 2 N–H and O–H groups in total. The van der Waals surface area contributed by atoms with Crippen LogP contribution < -0.4 is 5.32 Å². The summed E-state index contributed by atoms with van der Waals surface area (Å²) < 4.78 is 5.16. The highest BCUT2D eigenvalue weighted by molar-refractivity contribution is 7.15. The molecule has 110 valence electrons. The second-order valence-electron chi connectivity index (χ2n) is 5.79. The summed E-state index contributed by atoms with van der Waals surface area (Å²) in [5.74, 6) is -1.12. The lowest BCUT2D eigenvalue weighted by atomic mass is 9.91. The molecule has 1 amide bonds. The number of aliphatic carboxylic acids is 1. The van der Waals surface area contributed by atoms with Crippen LogP contribution >= 0.6 is 11.3 Å². The first-order valence-corrected chi connectivity index (χ1v) is 7.27. The third-order valence-corrected chi connectivity index (χ3v) is 3.93. The molecule has 0 saturated carbocycles. The minimum Gasteiger partial charge on any atom is -0.481 e. The maximum Gasteiger partial charge on any atom is 0.413 e. The third-order valence-electron chi connectivity index (χ3n) is 2.90. The Hall–Kier alpha value is -1.63. The standard InChI is InChI=1S/C13H18N2O4S/c1-13(2,3)19-12(18)15-11-14-8-5-4-7(10(16)17)6-9(8)20-11/h7H,4-6H2,1-3H3,(H,16,17)(H,14,15,18). The number of carboxylic acid groups (broad SMARTS) is 1. The van der Waals surface area contributed by atoms with Crippen LogP contribution in [-0.2, 0) is 22.4 Å². The predicted molar refractivity (Wildman–Crippen MR) is 75.1 cm³/mol. The molecular formula is C13H18N2O4S. The fourth-order valence-electron chi connectivity index (χ4n) is 2.03. The number of aryl methyl sites for hydroxylation is 1. The van der Waals surface area contributed by atoms with Gasteiger partial charge in [-0.15, -0.1) is 11.3 Å². The fraction of sp³-hybridized carbons (Fsp3) is 0.615. The lowest BCUT2D eigenvalue weighted by molar-refractivity contribution is -0.142. The van der Waals surface area contributed by atoms with E-state index in [4.69, 9.17) is 9.84 Å². The summed E-state index contributed by atoms with van der Waals surface area (Å²) in [7, 11) is 0. The molecule has 1 heterocycles. The van der Waals surface area contributed by atoms with Crippen molar-refractivity contribution in [1.82, 2.24) is 4.98 Å². The van der Waals surface area contributed by atoms with Gasteiger partial charge in [0.25, 0.3) is 0 Å². The Bertz CT molecular complexity index is 533. The van der Waals surface area contributed by atoms with Crippen LogP contribution in [0.25, 0.3) is 0 Å². The van der Waals surface area contributed by atoms with E-state index in [0.29, 0.717) is 24.4 Å². The maximum absolute atomic E-state index is 11.7. The molecule has 0 bridgehead atoms. The molecule has 1 atom stereocenters. The van der Waals surface area contributed by atoms with Crippen molar-refractivity contribution < 1.29 is 19.4 Å². The molecule has 1 aliphatic rings. The Balaban J connectivity index is 2.03. The van der Waals surface area contributed by atoms with Gasteiger partial charge >= 0.3 is 12.1 Å². The van der Waals surface area contributed by atoms with Crippen LogP contribution in [0.4, 0.5) is 9.93 Å². The number of nitrogens with zero attached hydrogens (tertiary/aromatic N) is 1. The van der Waals surface area contributed by atoms with Crippen LogP contribution in [0.2, 0.25) is 0 Å². The number of hydrogen-bond acceptors (Lipinski definition) is 5. The monoisotopic (exact) mass is 298 g/mol. The second kappa shape index (κ2) is 5.40. The van der Waals surface area contributed by atoms with E-state index in [1.165, 1.54) is 11.3 Å². The van der Waals surface area contributed by atoms with Gasteiger partial charge in [0.2, 0.25) is 0 Å². The number of thiazole rings is 1. The Morgan fingerprint density at radius 2 is 2.15 bits per heavy atom. The van der Waals surface area contributed by atoms with Crippen LogP contribution in [-0.4, -0.2) is 27.8 Å². The first kappa shape index (κ1) is 14.8. The van der Waals surface area contributed by atoms with Crippen molar-refractivity contribution in [2.24, 2.45) is 5.92 Å². The van der Waals surface area contributed by atoms with Crippen molar-refractivity contribution in [1.29, 1.82) is 0 Å². The largest absolute Gasteiger partial charge is 0.481 e. The number of carbonyl (C=O) groups excluding carboxylic acids is 1. The quantitative estimate of drug-likeness (QED) is 0.876. The number of amides is 1. The number of aromatic nitrogens is 1. The van der Waals surface area contributed by atoms with Gasteiger partial charge in [-0.25, -0.2) is 9.78 Å². The number of rotatable bonds is 2. The van der Waals surface area contributed by atoms with Crippen molar-refractivity contribution in [2.75, 3.05) is 5.32 Å². The minimum absolute atomic E-state index is 0.350. The van der Waals surface area contributed by atoms with Crippen molar-refractivity contribution in [3.63, 3.8) is 0 Å². The molecule has 1 aliphatic carbocycles. The Morgan fingerprint density at radius 1 is 1.45 bits per heavy atom. The van der Waals surface area contributed by atoms with Gasteiger partial charge in [-0.2, -0.15) is 0 Å². The molecule has 1 aromatic rings. The van der Waals surface area contributed by atoms with E-state index < -0.39 is 17.7 Å². The average molecular weight is 298 g/mol. The van der Waals surface area contributed by atoms with E-state index in [1.807, 2.05) is 0 Å². The van der Waals surface area contributed by atoms with Crippen LogP contribution in [0, 0.1) is 5.92 Å². The number of anilines is 1. The Kier molecular flexibility index (Phi) is 3.99. The molecule has 0 spiro atoms. The molecule has 1 aromatic heterocycles. The molecule has 0 saturated heterocycles. The van der Waals surface area contributed by atoms with Gasteiger partial charge in [0.15, 0.2) is 5.13 Å². The number of carboxylic acids is 1. The van der Waals surface area contributed by atoms with Gasteiger partial charge in [0, 0.05) is 4.88 Å². The van der Waals surface area contributed by atoms with Crippen molar-refractivity contribution >= 4 is 28.5 Å². The number of fused-ring (bicyclic) bond motifs is 1. The highest BCUT2D eigenvalue weighted by Gasteiger charge is 2.27. The summed E-state index contributed by atoms with van der Waals surface area (Å²) in [6.07, 6.45) is 1.17. The lowest BCUT2D eigenvalue weighted by Crippen LogP contribution is -2.27. The van der Waals surface area contributed by atoms with Crippen molar-refractivity contribution in [2.45, 2.75) is 45.6 Å². The van der Waals surface area contributed by atoms with Gasteiger partial charge in [0.05, 0.1) is 11.6 Å². The van der Waals surface area contributed by atoms with E-state index in [9.17, 15) is 9.59 Å². The molecule has 2 rings (SSSR count). The van der Waals surface area contributed by atoms with Gasteiger partial charge in [-0.1, -0.05) is 0 Å². The number of hydrogen-bond donors (Lipinski definition) is 2. The zero-order chi connectivity index (χ0) is 14.9. The van der Waals surface area contributed by atoms with Crippen LogP contribution in [0.15, 0.2) is 0 Å². The highest BCUT2D eigenvalue weighted by Crippen LogP contribution is 2.32. The van der Waals surface area contributed by atoms with E-state index in [2.05, 4.69) is 10.3 Å². The summed E-state index contributed by atoms with van der Waals surface area (Å²) in [6, 6.07) is 0. The number of ether oxygens (including phenoxy) is 1. The van der Waals surface area contributed by atoms with Gasteiger partial charge in [0.1, 0.15) is 5.60 Å². The Morgan fingerprint density at radius 3 is 2.75 bits per heavy atom. The number of carbonyl (C=O) groups is 2. The molecule has 20 heavy (non-hydrogen) atoms. The van der Waals surface area contributed by atoms with E-state index in [-0.39, 0.29) is 5.92 Å². The molecule has 1 unspecified atom stereocenters. The lowest BCUT2D eigenvalue weighted by Gasteiger charge is -2.18. The second-order valence-corrected chi connectivity index (χ2v) is 6.88. The summed E-state index contributed by atoms with van der Waals surface area (Å²) in [6.45, 7) is 5.37. The minimum atomic E-state index is -0.772. The molecule has 7 heteroatoms. The summed E-state index contributed by atoms with van der Waals surface area (Å²) in [5.41, 5.74) is 0.327. The van der Waals surface area contributed by atoms with Gasteiger partial charge in [-0.05, 0) is 40.0 Å². The molecule has 0 radical (unpaired) electrons. The Labute approximate surface area is 121 Å². The SMILES string of the molecule is CC(C)(C)OC(=O)Nc1nc2c(s1)CC(C(=O)O)CC2. The van der Waals surface area contributed by atoms with Crippen molar-refractivity contribution in [3.8, 4) is 0 Å². The highest BCUT2D eigenvalue weighted by atomic mass is 32.1. The third kappa shape index (κ3) is 3.69. The number of nitrogens with one attached hydrogen (secondary N) is 1. The van der Waals surface area contributed by atoms with Crippen LogP contribution in [0.1, 0.15) is 37.8 Å². The van der Waals surface area contributed by atoms with E-state index >= 15 is 0 Å². The smallest absolute Gasteiger partial charge is 0.413 e. The predicted octanol–water partition coefficient (Wildman–Crippen LogP) is 2.68. The molecule has 0 fully saturated rings. The fourth-order valence-corrected chi connectivity index (χ4v) is 3.10. The normalized spacial score (nSPS) is 18.2. The zero-order valence-electron chi connectivity index (χ0n) is 11.7. The van der Waals surface area contributed by atoms with Crippen LogP contribution in [0.3, 0.4) is 0 Å².